The lowest BCUT2D eigenvalue weighted by molar-refractivity contribution is -0.142. The van der Waals surface area contributed by atoms with Gasteiger partial charge in [-0.1, -0.05) is 20.8 Å². The number of carboxylic acids is 1. The van der Waals surface area contributed by atoms with Crippen molar-refractivity contribution in [1.82, 2.24) is 4.90 Å². The second-order valence-electron chi connectivity index (χ2n) is 4.86. The topological polar surface area (TPSA) is 57.6 Å². The predicted octanol–water partition coefficient (Wildman–Crippen LogP) is 1.64. The van der Waals surface area contributed by atoms with Crippen molar-refractivity contribution in [3.05, 3.63) is 0 Å². The van der Waals surface area contributed by atoms with E-state index in [4.69, 9.17) is 5.11 Å². The van der Waals surface area contributed by atoms with Crippen molar-refractivity contribution in [2.24, 2.45) is 11.8 Å². The Labute approximate surface area is 97.6 Å². The van der Waals surface area contributed by atoms with Gasteiger partial charge < -0.3 is 5.11 Å². The van der Waals surface area contributed by atoms with Gasteiger partial charge in [0.25, 0.3) is 0 Å². The van der Waals surface area contributed by atoms with E-state index in [1.165, 1.54) is 6.92 Å². The maximum absolute atomic E-state index is 11.1. The number of nitrogens with zero attached hydrogens (tertiary/aromatic N) is 1. The Bertz CT molecular complexity index is 238. The van der Waals surface area contributed by atoms with Crippen molar-refractivity contribution >= 4 is 11.8 Å². The number of carbonyl (C=O) groups is 2. The maximum atomic E-state index is 11.1. The number of ketones is 1. The molecule has 0 fully saturated rings. The summed E-state index contributed by atoms with van der Waals surface area (Å²) in [7, 11) is 0. The van der Waals surface area contributed by atoms with Crippen LogP contribution in [0.3, 0.4) is 0 Å². The van der Waals surface area contributed by atoms with Gasteiger partial charge in [0.1, 0.15) is 5.78 Å². The molecule has 1 N–H and O–H groups in total. The van der Waals surface area contributed by atoms with Crippen molar-refractivity contribution < 1.29 is 14.7 Å². The number of hydrogen-bond donors (Lipinski definition) is 1. The van der Waals surface area contributed by atoms with Crippen LogP contribution in [0.4, 0.5) is 0 Å². The molecule has 0 aliphatic heterocycles. The number of carbonyl (C=O) groups excluding carboxylic acids is 1. The van der Waals surface area contributed by atoms with E-state index in [0.29, 0.717) is 19.0 Å². The van der Waals surface area contributed by atoms with Crippen LogP contribution in [0, 0.1) is 11.8 Å². The number of aliphatic carboxylic acids is 1. The molecule has 0 saturated carbocycles. The zero-order valence-corrected chi connectivity index (χ0v) is 10.7. The van der Waals surface area contributed by atoms with Crippen LogP contribution in [0.1, 0.15) is 34.1 Å². The van der Waals surface area contributed by atoms with Crippen molar-refractivity contribution in [2.75, 3.05) is 19.6 Å². The Morgan fingerprint density at radius 1 is 1.25 bits per heavy atom. The van der Waals surface area contributed by atoms with Crippen LogP contribution < -0.4 is 0 Å². The molecule has 0 radical (unpaired) electrons. The SMILES string of the molecule is CC(=O)CN(CCC(C)C)CC(C)C(=O)O. The molecule has 0 aliphatic carbocycles. The molecule has 1 atom stereocenters. The third-order valence-electron chi connectivity index (χ3n) is 2.42. The first-order chi connectivity index (χ1) is 7.32. The average Bonchev–Trinajstić information content (AvgIpc) is 2.12. The van der Waals surface area contributed by atoms with Gasteiger partial charge in [0.2, 0.25) is 0 Å². The van der Waals surface area contributed by atoms with E-state index in [2.05, 4.69) is 13.8 Å². The molecule has 4 heteroatoms. The van der Waals surface area contributed by atoms with Crippen LogP contribution in [-0.2, 0) is 9.59 Å². The standard InChI is InChI=1S/C12H23NO3/c1-9(2)5-6-13(8-11(4)14)7-10(3)12(15)16/h9-10H,5-8H2,1-4H3,(H,15,16). The second kappa shape index (κ2) is 7.39. The Hall–Kier alpha value is -0.900. The number of rotatable bonds is 8. The lowest BCUT2D eigenvalue weighted by Crippen LogP contribution is -2.36. The summed E-state index contributed by atoms with van der Waals surface area (Å²) in [5.41, 5.74) is 0. The minimum atomic E-state index is -0.807. The van der Waals surface area contributed by atoms with Crippen molar-refractivity contribution in [1.29, 1.82) is 0 Å². The largest absolute Gasteiger partial charge is 0.481 e. The van der Waals surface area contributed by atoms with Gasteiger partial charge in [-0.2, -0.15) is 0 Å². The molecular weight excluding hydrogens is 206 g/mol. The van der Waals surface area contributed by atoms with Gasteiger partial charge in [0.15, 0.2) is 0 Å². The Balaban J connectivity index is 4.19. The Morgan fingerprint density at radius 3 is 2.19 bits per heavy atom. The van der Waals surface area contributed by atoms with Crippen LogP contribution in [-0.4, -0.2) is 41.4 Å². The summed E-state index contributed by atoms with van der Waals surface area (Å²) in [6.45, 7) is 9.03. The molecule has 0 saturated heterocycles. The molecule has 0 heterocycles. The van der Waals surface area contributed by atoms with Crippen molar-refractivity contribution in [2.45, 2.75) is 34.1 Å². The maximum Gasteiger partial charge on any atom is 0.307 e. The van der Waals surface area contributed by atoms with E-state index >= 15 is 0 Å². The highest BCUT2D eigenvalue weighted by Gasteiger charge is 2.17. The molecule has 94 valence electrons. The molecule has 0 spiro atoms. The highest BCUT2D eigenvalue weighted by atomic mass is 16.4. The fraction of sp³-hybridized carbons (Fsp3) is 0.833. The monoisotopic (exact) mass is 229 g/mol. The summed E-state index contributed by atoms with van der Waals surface area (Å²) < 4.78 is 0. The van der Waals surface area contributed by atoms with Gasteiger partial charge in [-0.15, -0.1) is 0 Å². The van der Waals surface area contributed by atoms with E-state index < -0.39 is 11.9 Å². The predicted molar refractivity (Wildman–Crippen MR) is 63.4 cm³/mol. The number of carboxylic acid groups (broad SMARTS) is 1. The molecule has 0 aromatic heterocycles. The normalized spacial score (nSPS) is 13.1. The average molecular weight is 229 g/mol. The van der Waals surface area contributed by atoms with Gasteiger partial charge in [0, 0.05) is 6.54 Å². The summed E-state index contributed by atoms with van der Waals surface area (Å²) in [4.78, 5) is 23.7. The first-order valence-electron chi connectivity index (χ1n) is 5.77. The fourth-order valence-corrected chi connectivity index (χ4v) is 1.46. The van der Waals surface area contributed by atoms with Crippen LogP contribution in [0.15, 0.2) is 0 Å². The van der Waals surface area contributed by atoms with E-state index in [1.54, 1.807) is 6.92 Å². The first-order valence-corrected chi connectivity index (χ1v) is 5.77. The first kappa shape index (κ1) is 15.1. The van der Waals surface area contributed by atoms with E-state index in [1.807, 2.05) is 4.90 Å². The molecule has 4 nitrogen and oxygen atoms in total. The lowest BCUT2D eigenvalue weighted by Gasteiger charge is -2.23. The second-order valence-corrected chi connectivity index (χ2v) is 4.86. The van der Waals surface area contributed by atoms with E-state index in [9.17, 15) is 9.59 Å². The van der Waals surface area contributed by atoms with Crippen molar-refractivity contribution in [3.63, 3.8) is 0 Å². The highest BCUT2D eigenvalue weighted by molar-refractivity contribution is 5.77. The van der Waals surface area contributed by atoms with E-state index in [0.717, 1.165) is 13.0 Å². The summed E-state index contributed by atoms with van der Waals surface area (Å²) in [6, 6.07) is 0. The van der Waals surface area contributed by atoms with Gasteiger partial charge in [-0.3, -0.25) is 14.5 Å². The van der Waals surface area contributed by atoms with Gasteiger partial charge >= 0.3 is 5.97 Å². The van der Waals surface area contributed by atoms with Crippen molar-refractivity contribution in [3.8, 4) is 0 Å². The minimum absolute atomic E-state index is 0.0846. The summed E-state index contributed by atoms with van der Waals surface area (Å²) in [6.07, 6.45) is 0.986. The van der Waals surface area contributed by atoms with Gasteiger partial charge in [0.05, 0.1) is 12.5 Å². The van der Waals surface area contributed by atoms with Crippen LogP contribution in [0.5, 0.6) is 0 Å². The zero-order valence-electron chi connectivity index (χ0n) is 10.7. The number of Topliss-reactive ketones (excluding diaryl/α,β-unsaturated/α-hetero) is 1. The molecule has 1 unspecified atom stereocenters. The van der Waals surface area contributed by atoms with Crippen LogP contribution in [0.25, 0.3) is 0 Å². The van der Waals surface area contributed by atoms with E-state index in [-0.39, 0.29) is 5.78 Å². The molecule has 0 amide bonds. The molecule has 0 bridgehead atoms. The smallest absolute Gasteiger partial charge is 0.307 e. The van der Waals surface area contributed by atoms with Crippen LogP contribution >= 0.6 is 0 Å². The fourth-order valence-electron chi connectivity index (χ4n) is 1.46. The third-order valence-corrected chi connectivity index (χ3v) is 2.42. The number of hydrogen-bond acceptors (Lipinski definition) is 3. The van der Waals surface area contributed by atoms with Gasteiger partial charge in [-0.05, 0) is 25.8 Å². The quantitative estimate of drug-likeness (QED) is 0.687. The molecule has 0 aromatic rings. The molecule has 16 heavy (non-hydrogen) atoms. The lowest BCUT2D eigenvalue weighted by atomic mass is 10.1. The van der Waals surface area contributed by atoms with Crippen LogP contribution in [0.2, 0.25) is 0 Å². The summed E-state index contributed by atoms with van der Waals surface area (Å²) in [5.74, 6) is -0.583. The Morgan fingerprint density at radius 2 is 1.81 bits per heavy atom. The summed E-state index contributed by atoms with van der Waals surface area (Å²) in [5, 5.41) is 8.83. The Kier molecular flexibility index (Phi) is 6.97. The molecular formula is C12H23NO3. The minimum Gasteiger partial charge on any atom is -0.481 e. The molecule has 0 aliphatic rings. The molecule has 0 aromatic carbocycles. The zero-order chi connectivity index (χ0) is 12.7. The molecule has 0 rings (SSSR count). The summed E-state index contributed by atoms with van der Waals surface area (Å²) >= 11 is 0. The highest BCUT2D eigenvalue weighted by Crippen LogP contribution is 2.06. The van der Waals surface area contributed by atoms with Gasteiger partial charge in [-0.25, -0.2) is 0 Å². The third kappa shape index (κ3) is 7.40.